The average Bonchev–Trinajstić information content (AvgIpc) is 2.68. The first-order chi connectivity index (χ1) is 4.74. The van der Waals surface area contributed by atoms with Crippen LogP contribution in [0.3, 0.4) is 0 Å². The molecule has 1 atom stereocenters. The molecule has 0 aromatic heterocycles. The molecule has 0 saturated heterocycles. The molecule has 0 heterocycles. The summed E-state index contributed by atoms with van der Waals surface area (Å²) in [7, 11) is 0. The maximum absolute atomic E-state index is 11.0. The summed E-state index contributed by atoms with van der Waals surface area (Å²) in [6.45, 7) is 4.15. The van der Waals surface area contributed by atoms with Crippen molar-refractivity contribution in [3.63, 3.8) is 0 Å². The summed E-state index contributed by atoms with van der Waals surface area (Å²) >= 11 is 0. The normalized spacial score (nSPS) is 20.6. The van der Waals surface area contributed by atoms with E-state index in [4.69, 9.17) is 0 Å². The molecule has 1 aliphatic rings. The van der Waals surface area contributed by atoms with Crippen LogP contribution < -0.4 is 0 Å². The molecule has 1 saturated carbocycles. The molecule has 0 aliphatic heterocycles. The van der Waals surface area contributed by atoms with Crippen LogP contribution in [0, 0.1) is 11.8 Å². The van der Waals surface area contributed by atoms with Crippen LogP contribution in [-0.2, 0) is 4.79 Å². The van der Waals surface area contributed by atoms with E-state index in [1.807, 2.05) is 6.92 Å². The maximum Gasteiger partial charge on any atom is 0.132 e. The quantitative estimate of drug-likeness (QED) is 0.586. The predicted molar refractivity (Wildman–Crippen MR) is 41.8 cm³/mol. The SMILES string of the molecule is CCC(=O)C[C@@H](C)C1CC1. The zero-order valence-electron chi connectivity index (χ0n) is 6.89. The monoisotopic (exact) mass is 140 g/mol. The molecule has 0 bridgehead atoms. The maximum atomic E-state index is 11.0. The Balaban J connectivity index is 2.16. The molecule has 1 aliphatic carbocycles. The molecule has 0 aromatic rings. The lowest BCUT2D eigenvalue weighted by atomic mass is 9.99. The zero-order chi connectivity index (χ0) is 7.56. The molecule has 0 aromatic carbocycles. The molecule has 10 heavy (non-hydrogen) atoms. The minimum absolute atomic E-state index is 0.430. The first-order valence-corrected chi connectivity index (χ1v) is 4.25. The van der Waals surface area contributed by atoms with Crippen LogP contribution in [0.1, 0.15) is 39.5 Å². The van der Waals surface area contributed by atoms with Crippen LogP contribution in [0.5, 0.6) is 0 Å². The Morgan fingerprint density at radius 3 is 2.60 bits per heavy atom. The lowest BCUT2D eigenvalue weighted by Gasteiger charge is -2.06. The van der Waals surface area contributed by atoms with E-state index in [9.17, 15) is 4.79 Å². The van der Waals surface area contributed by atoms with Crippen LogP contribution in [0.2, 0.25) is 0 Å². The molecule has 0 spiro atoms. The molecular weight excluding hydrogens is 124 g/mol. The lowest BCUT2D eigenvalue weighted by molar-refractivity contribution is -0.119. The van der Waals surface area contributed by atoms with E-state index in [1.54, 1.807) is 0 Å². The fourth-order valence-corrected chi connectivity index (χ4v) is 1.34. The van der Waals surface area contributed by atoms with Crippen molar-refractivity contribution in [2.45, 2.75) is 39.5 Å². The van der Waals surface area contributed by atoms with Crippen LogP contribution in [0.15, 0.2) is 0 Å². The number of hydrogen-bond acceptors (Lipinski definition) is 1. The molecule has 0 radical (unpaired) electrons. The van der Waals surface area contributed by atoms with Crippen molar-refractivity contribution in [2.75, 3.05) is 0 Å². The van der Waals surface area contributed by atoms with E-state index in [-0.39, 0.29) is 0 Å². The molecule has 0 N–H and O–H groups in total. The highest BCUT2D eigenvalue weighted by Gasteiger charge is 2.28. The molecule has 1 rings (SSSR count). The van der Waals surface area contributed by atoms with E-state index in [1.165, 1.54) is 12.8 Å². The molecule has 0 amide bonds. The lowest BCUT2D eigenvalue weighted by Crippen LogP contribution is -2.05. The Labute approximate surface area is 62.8 Å². The number of Topliss-reactive ketones (excluding diaryl/α,β-unsaturated/α-hetero) is 1. The number of ketones is 1. The smallest absolute Gasteiger partial charge is 0.132 e. The first kappa shape index (κ1) is 7.77. The van der Waals surface area contributed by atoms with Gasteiger partial charge in [0, 0.05) is 12.8 Å². The van der Waals surface area contributed by atoms with Crippen molar-refractivity contribution in [3.8, 4) is 0 Å². The zero-order valence-corrected chi connectivity index (χ0v) is 6.89. The van der Waals surface area contributed by atoms with Crippen molar-refractivity contribution in [2.24, 2.45) is 11.8 Å². The van der Waals surface area contributed by atoms with Crippen molar-refractivity contribution in [1.82, 2.24) is 0 Å². The largest absolute Gasteiger partial charge is 0.300 e. The fraction of sp³-hybridized carbons (Fsp3) is 0.889. The van der Waals surface area contributed by atoms with E-state index >= 15 is 0 Å². The number of rotatable bonds is 4. The van der Waals surface area contributed by atoms with Crippen molar-refractivity contribution in [1.29, 1.82) is 0 Å². The highest BCUT2D eigenvalue weighted by atomic mass is 16.1. The highest BCUT2D eigenvalue weighted by molar-refractivity contribution is 5.78. The Morgan fingerprint density at radius 2 is 2.20 bits per heavy atom. The van der Waals surface area contributed by atoms with Gasteiger partial charge in [0.05, 0.1) is 0 Å². The number of carbonyl (C=O) groups is 1. The third kappa shape index (κ3) is 2.13. The van der Waals surface area contributed by atoms with Gasteiger partial charge in [0.1, 0.15) is 5.78 Å². The Kier molecular flexibility index (Phi) is 2.47. The fourth-order valence-electron chi connectivity index (χ4n) is 1.34. The third-order valence-electron chi connectivity index (χ3n) is 2.37. The second kappa shape index (κ2) is 3.18. The predicted octanol–water partition coefficient (Wildman–Crippen LogP) is 2.40. The van der Waals surface area contributed by atoms with Crippen molar-refractivity contribution in [3.05, 3.63) is 0 Å². The van der Waals surface area contributed by atoms with Gasteiger partial charge in [-0.15, -0.1) is 0 Å². The molecular formula is C9H16O. The summed E-state index contributed by atoms with van der Waals surface area (Å²) in [4.78, 5) is 11.0. The van der Waals surface area contributed by atoms with Crippen LogP contribution in [0.25, 0.3) is 0 Å². The molecule has 0 unspecified atom stereocenters. The summed E-state index contributed by atoms with van der Waals surface area (Å²) in [5.41, 5.74) is 0. The Morgan fingerprint density at radius 1 is 1.60 bits per heavy atom. The van der Waals surface area contributed by atoms with E-state index in [2.05, 4.69) is 6.92 Å². The minimum Gasteiger partial charge on any atom is -0.300 e. The van der Waals surface area contributed by atoms with Gasteiger partial charge in [-0.1, -0.05) is 13.8 Å². The standard InChI is InChI=1S/C9H16O/c1-3-9(10)6-7(2)8-4-5-8/h7-8H,3-6H2,1-2H3/t7-/m1/s1. The average molecular weight is 140 g/mol. The third-order valence-corrected chi connectivity index (χ3v) is 2.37. The highest BCUT2D eigenvalue weighted by Crippen LogP contribution is 2.38. The summed E-state index contributed by atoms with van der Waals surface area (Å²) < 4.78 is 0. The van der Waals surface area contributed by atoms with Gasteiger partial charge in [-0.25, -0.2) is 0 Å². The van der Waals surface area contributed by atoms with Gasteiger partial charge in [0.2, 0.25) is 0 Å². The molecule has 1 heteroatoms. The van der Waals surface area contributed by atoms with Crippen LogP contribution >= 0.6 is 0 Å². The second-order valence-corrected chi connectivity index (χ2v) is 3.41. The topological polar surface area (TPSA) is 17.1 Å². The number of hydrogen-bond donors (Lipinski definition) is 0. The van der Waals surface area contributed by atoms with Gasteiger partial charge in [-0.3, -0.25) is 4.79 Å². The summed E-state index contributed by atoms with van der Waals surface area (Å²) in [5, 5.41) is 0. The van der Waals surface area contributed by atoms with Gasteiger partial charge in [-0.05, 0) is 24.7 Å². The minimum atomic E-state index is 0.430. The van der Waals surface area contributed by atoms with Gasteiger partial charge in [-0.2, -0.15) is 0 Å². The van der Waals surface area contributed by atoms with Gasteiger partial charge in [0.15, 0.2) is 0 Å². The molecule has 1 fully saturated rings. The second-order valence-electron chi connectivity index (χ2n) is 3.41. The first-order valence-electron chi connectivity index (χ1n) is 4.25. The van der Waals surface area contributed by atoms with Crippen molar-refractivity contribution >= 4 is 5.78 Å². The molecule has 1 nitrogen and oxygen atoms in total. The van der Waals surface area contributed by atoms with Gasteiger partial charge < -0.3 is 0 Å². The summed E-state index contributed by atoms with van der Waals surface area (Å²) in [5.74, 6) is 1.97. The van der Waals surface area contributed by atoms with Crippen molar-refractivity contribution < 1.29 is 4.79 Å². The van der Waals surface area contributed by atoms with Gasteiger partial charge >= 0.3 is 0 Å². The molecule has 58 valence electrons. The summed E-state index contributed by atoms with van der Waals surface area (Å²) in [6, 6.07) is 0. The van der Waals surface area contributed by atoms with E-state index in [0.717, 1.165) is 18.8 Å². The van der Waals surface area contributed by atoms with E-state index in [0.29, 0.717) is 11.7 Å². The Bertz CT molecular complexity index is 125. The van der Waals surface area contributed by atoms with E-state index < -0.39 is 0 Å². The number of carbonyl (C=O) groups excluding carboxylic acids is 1. The Hall–Kier alpha value is -0.330. The summed E-state index contributed by atoms with van der Waals surface area (Å²) in [6.07, 6.45) is 4.26. The van der Waals surface area contributed by atoms with Crippen LogP contribution in [0.4, 0.5) is 0 Å². The van der Waals surface area contributed by atoms with Gasteiger partial charge in [0.25, 0.3) is 0 Å². The van der Waals surface area contributed by atoms with Crippen LogP contribution in [-0.4, -0.2) is 5.78 Å².